The van der Waals surface area contributed by atoms with Gasteiger partial charge < -0.3 is 10.2 Å². The highest BCUT2D eigenvalue weighted by Crippen LogP contribution is 2.37. The van der Waals surface area contributed by atoms with E-state index in [9.17, 15) is 0 Å². The number of nitrogens with one attached hydrogen (secondary N) is 1. The molecule has 0 atom stereocenters. The number of benzene rings is 2. The minimum absolute atomic E-state index is 0.0374. The lowest BCUT2D eigenvalue weighted by molar-refractivity contribution is 0.311. The summed E-state index contributed by atoms with van der Waals surface area (Å²) in [4.78, 5) is 2.55. The van der Waals surface area contributed by atoms with Gasteiger partial charge >= 0.3 is 0 Å². The first-order valence-corrected chi connectivity index (χ1v) is 8.50. The molecule has 0 unspecified atom stereocenters. The first-order chi connectivity index (χ1) is 10.8. The Morgan fingerprint density at radius 1 is 0.864 bits per heavy atom. The van der Waals surface area contributed by atoms with Crippen molar-refractivity contribution < 1.29 is 0 Å². The van der Waals surface area contributed by atoms with Crippen molar-refractivity contribution in [3.63, 3.8) is 0 Å². The molecule has 0 amide bonds. The lowest BCUT2D eigenvalue weighted by Gasteiger charge is -2.48. The molecule has 0 aliphatic heterocycles. The van der Waals surface area contributed by atoms with Gasteiger partial charge in [0.05, 0.1) is 0 Å². The lowest BCUT2D eigenvalue weighted by atomic mass is 9.86. The molecular weight excluding hydrogens is 268 g/mol. The van der Waals surface area contributed by atoms with Crippen molar-refractivity contribution in [1.82, 2.24) is 0 Å². The van der Waals surface area contributed by atoms with Crippen LogP contribution in [0.15, 0.2) is 60.7 Å². The van der Waals surface area contributed by atoms with E-state index in [0.717, 1.165) is 6.54 Å². The molecule has 1 N–H and O–H groups in total. The van der Waals surface area contributed by atoms with Gasteiger partial charge in [0.15, 0.2) is 0 Å². The van der Waals surface area contributed by atoms with Crippen LogP contribution < -0.4 is 10.2 Å². The third kappa shape index (κ3) is 3.11. The van der Waals surface area contributed by atoms with Crippen LogP contribution in [0.4, 0.5) is 11.4 Å². The standard InChI is InChI=1S/C20H26N2/c1-2-22(19-14-8-4-9-15-19)20(16-10-5-11-17-20)21-18-12-6-3-7-13-18/h3-4,6-9,12-15,21H,2,5,10-11,16-17H2,1H3. The topological polar surface area (TPSA) is 15.3 Å². The summed E-state index contributed by atoms with van der Waals surface area (Å²) in [5.41, 5.74) is 2.57. The number of para-hydroxylation sites is 2. The minimum atomic E-state index is 0.0374. The zero-order valence-corrected chi connectivity index (χ0v) is 13.5. The average molecular weight is 294 g/mol. The second-order valence-corrected chi connectivity index (χ2v) is 6.16. The maximum Gasteiger partial charge on any atom is 0.110 e. The van der Waals surface area contributed by atoms with E-state index in [1.165, 1.54) is 43.5 Å². The number of rotatable bonds is 5. The molecule has 0 saturated heterocycles. The fraction of sp³-hybridized carbons (Fsp3) is 0.400. The molecule has 1 aliphatic carbocycles. The van der Waals surface area contributed by atoms with Crippen LogP contribution in [0, 0.1) is 0 Å². The lowest BCUT2D eigenvalue weighted by Crippen LogP contribution is -2.56. The second-order valence-electron chi connectivity index (χ2n) is 6.16. The number of hydrogen-bond donors (Lipinski definition) is 1. The van der Waals surface area contributed by atoms with Gasteiger partial charge in [-0.25, -0.2) is 0 Å². The number of nitrogens with zero attached hydrogens (tertiary/aromatic N) is 1. The Kier molecular flexibility index (Phi) is 4.67. The van der Waals surface area contributed by atoms with E-state index >= 15 is 0 Å². The third-order valence-corrected chi connectivity index (χ3v) is 4.73. The zero-order chi connectivity index (χ0) is 15.3. The van der Waals surface area contributed by atoms with E-state index in [1.54, 1.807) is 0 Å². The molecule has 1 fully saturated rings. The Morgan fingerprint density at radius 2 is 1.45 bits per heavy atom. The summed E-state index contributed by atoms with van der Waals surface area (Å²) in [6.07, 6.45) is 6.34. The van der Waals surface area contributed by atoms with Gasteiger partial charge in [0.1, 0.15) is 5.66 Å². The molecular formula is C20H26N2. The van der Waals surface area contributed by atoms with Crippen molar-refractivity contribution in [1.29, 1.82) is 0 Å². The largest absolute Gasteiger partial charge is 0.363 e. The molecule has 0 spiro atoms. The molecule has 0 radical (unpaired) electrons. The van der Waals surface area contributed by atoms with Crippen LogP contribution in [0.1, 0.15) is 39.0 Å². The van der Waals surface area contributed by atoms with Crippen LogP contribution in [0.2, 0.25) is 0 Å². The Hall–Kier alpha value is -1.96. The van der Waals surface area contributed by atoms with Crippen LogP contribution in [-0.4, -0.2) is 12.2 Å². The zero-order valence-electron chi connectivity index (χ0n) is 13.5. The van der Waals surface area contributed by atoms with Crippen LogP contribution in [-0.2, 0) is 0 Å². The van der Waals surface area contributed by atoms with Crippen molar-refractivity contribution >= 4 is 11.4 Å². The van der Waals surface area contributed by atoms with Gasteiger partial charge in [-0.2, -0.15) is 0 Å². The normalized spacial score (nSPS) is 17.0. The summed E-state index contributed by atoms with van der Waals surface area (Å²) in [6.45, 7) is 3.28. The third-order valence-electron chi connectivity index (χ3n) is 4.73. The summed E-state index contributed by atoms with van der Waals surface area (Å²) in [5.74, 6) is 0. The van der Waals surface area contributed by atoms with Gasteiger partial charge in [0, 0.05) is 17.9 Å². The van der Waals surface area contributed by atoms with Gasteiger partial charge in [-0.1, -0.05) is 42.8 Å². The molecule has 2 aromatic carbocycles. The molecule has 3 rings (SSSR count). The minimum Gasteiger partial charge on any atom is -0.363 e. The number of hydrogen-bond acceptors (Lipinski definition) is 2. The van der Waals surface area contributed by atoms with E-state index in [1.807, 2.05) is 0 Å². The predicted octanol–water partition coefficient (Wildman–Crippen LogP) is 5.29. The first kappa shape index (κ1) is 15.0. The summed E-state index contributed by atoms with van der Waals surface area (Å²) >= 11 is 0. The fourth-order valence-corrected chi connectivity index (χ4v) is 3.73. The van der Waals surface area contributed by atoms with E-state index in [0.29, 0.717) is 0 Å². The quantitative estimate of drug-likeness (QED) is 0.754. The van der Waals surface area contributed by atoms with Crippen molar-refractivity contribution in [3.8, 4) is 0 Å². The van der Waals surface area contributed by atoms with Crippen molar-refractivity contribution in [3.05, 3.63) is 60.7 Å². The van der Waals surface area contributed by atoms with Crippen molar-refractivity contribution in [2.24, 2.45) is 0 Å². The van der Waals surface area contributed by atoms with Gasteiger partial charge in [-0.15, -0.1) is 0 Å². The molecule has 2 heteroatoms. The Labute approximate surface area is 134 Å². The van der Waals surface area contributed by atoms with Crippen LogP contribution in [0.25, 0.3) is 0 Å². The van der Waals surface area contributed by atoms with E-state index in [4.69, 9.17) is 0 Å². The summed E-state index contributed by atoms with van der Waals surface area (Å²) in [7, 11) is 0. The SMILES string of the molecule is CCN(c1ccccc1)C1(Nc2ccccc2)CCCCC1. The first-order valence-electron chi connectivity index (χ1n) is 8.50. The van der Waals surface area contributed by atoms with Gasteiger partial charge in [0.2, 0.25) is 0 Å². The van der Waals surface area contributed by atoms with Crippen LogP contribution >= 0.6 is 0 Å². The van der Waals surface area contributed by atoms with Gasteiger partial charge in [0.25, 0.3) is 0 Å². The van der Waals surface area contributed by atoms with Crippen molar-refractivity contribution in [2.45, 2.75) is 44.7 Å². The molecule has 2 aromatic rings. The van der Waals surface area contributed by atoms with Gasteiger partial charge in [-0.05, 0) is 56.9 Å². The maximum atomic E-state index is 3.87. The van der Waals surface area contributed by atoms with E-state index in [2.05, 4.69) is 77.8 Å². The highest BCUT2D eigenvalue weighted by atomic mass is 15.3. The number of anilines is 2. The molecule has 116 valence electrons. The molecule has 1 saturated carbocycles. The monoisotopic (exact) mass is 294 g/mol. The molecule has 0 bridgehead atoms. The Balaban J connectivity index is 1.94. The average Bonchev–Trinajstić information content (AvgIpc) is 2.58. The molecule has 22 heavy (non-hydrogen) atoms. The van der Waals surface area contributed by atoms with Crippen LogP contribution in [0.3, 0.4) is 0 Å². The maximum absolute atomic E-state index is 3.87. The fourth-order valence-electron chi connectivity index (χ4n) is 3.73. The van der Waals surface area contributed by atoms with E-state index < -0.39 is 0 Å². The summed E-state index contributed by atoms with van der Waals surface area (Å²) in [6, 6.07) is 21.5. The molecule has 1 aliphatic rings. The highest BCUT2D eigenvalue weighted by molar-refractivity contribution is 5.54. The summed E-state index contributed by atoms with van der Waals surface area (Å²) in [5, 5.41) is 3.87. The molecule has 2 nitrogen and oxygen atoms in total. The molecule has 0 aromatic heterocycles. The Morgan fingerprint density at radius 3 is 2.05 bits per heavy atom. The Bertz CT molecular complexity index is 559. The van der Waals surface area contributed by atoms with Gasteiger partial charge in [-0.3, -0.25) is 0 Å². The second kappa shape index (κ2) is 6.87. The smallest absolute Gasteiger partial charge is 0.110 e. The molecule has 0 heterocycles. The predicted molar refractivity (Wildman–Crippen MR) is 95.3 cm³/mol. The van der Waals surface area contributed by atoms with Crippen LogP contribution in [0.5, 0.6) is 0 Å². The van der Waals surface area contributed by atoms with Crippen molar-refractivity contribution in [2.75, 3.05) is 16.8 Å². The summed E-state index contributed by atoms with van der Waals surface area (Å²) < 4.78 is 0. The van der Waals surface area contributed by atoms with E-state index in [-0.39, 0.29) is 5.66 Å². The highest BCUT2D eigenvalue weighted by Gasteiger charge is 2.37.